The Morgan fingerprint density at radius 1 is 1.39 bits per heavy atom. The van der Waals surface area contributed by atoms with Gasteiger partial charge in [-0.1, -0.05) is 5.16 Å². The zero-order chi connectivity index (χ0) is 12.7. The molecule has 18 heavy (non-hydrogen) atoms. The molecule has 6 nitrogen and oxygen atoms in total. The van der Waals surface area contributed by atoms with Gasteiger partial charge in [-0.3, -0.25) is 4.79 Å². The molecule has 0 radical (unpaired) electrons. The van der Waals surface area contributed by atoms with Crippen molar-refractivity contribution in [2.75, 3.05) is 6.54 Å². The predicted octanol–water partition coefficient (Wildman–Crippen LogP) is 1.24. The first-order valence-electron chi connectivity index (χ1n) is 6.17. The van der Waals surface area contributed by atoms with Gasteiger partial charge < -0.3 is 14.5 Å². The summed E-state index contributed by atoms with van der Waals surface area (Å²) in [4.78, 5) is 24.6. The second kappa shape index (κ2) is 4.12. The van der Waals surface area contributed by atoms with E-state index < -0.39 is 12.0 Å². The van der Waals surface area contributed by atoms with Crippen LogP contribution in [0.5, 0.6) is 0 Å². The summed E-state index contributed by atoms with van der Waals surface area (Å²) in [7, 11) is 0. The van der Waals surface area contributed by atoms with E-state index in [0.717, 1.165) is 25.0 Å². The molecule has 0 bridgehead atoms. The molecule has 1 saturated heterocycles. The molecule has 1 aromatic heterocycles. The van der Waals surface area contributed by atoms with E-state index in [9.17, 15) is 9.59 Å². The van der Waals surface area contributed by atoms with Gasteiger partial charge in [0.15, 0.2) is 5.69 Å². The number of aromatic nitrogens is 1. The van der Waals surface area contributed by atoms with E-state index in [4.69, 9.17) is 9.63 Å². The molecule has 1 aliphatic carbocycles. The van der Waals surface area contributed by atoms with Crippen LogP contribution in [0.4, 0.5) is 0 Å². The maximum absolute atomic E-state index is 12.2. The van der Waals surface area contributed by atoms with Crippen molar-refractivity contribution in [3.63, 3.8) is 0 Å². The number of likely N-dealkylation sites (tertiary alicyclic amines) is 1. The van der Waals surface area contributed by atoms with E-state index >= 15 is 0 Å². The first kappa shape index (κ1) is 11.3. The first-order valence-corrected chi connectivity index (χ1v) is 6.17. The molecule has 1 atom stereocenters. The summed E-state index contributed by atoms with van der Waals surface area (Å²) in [6.07, 6.45) is 3.37. The summed E-state index contributed by atoms with van der Waals surface area (Å²) in [6.45, 7) is 0.474. The summed E-state index contributed by atoms with van der Waals surface area (Å²) in [6, 6.07) is 0.926. The second-order valence-electron chi connectivity index (χ2n) is 4.88. The largest absolute Gasteiger partial charge is 0.480 e. The number of carboxylic acids is 1. The van der Waals surface area contributed by atoms with Gasteiger partial charge in [0.2, 0.25) is 0 Å². The third kappa shape index (κ3) is 1.87. The first-order chi connectivity index (χ1) is 8.66. The zero-order valence-corrected chi connectivity index (χ0v) is 9.83. The van der Waals surface area contributed by atoms with E-state index in [1.807, 2.05) is 0 Å². The molecule has 2 aliphatic rings. The number of rotatable bonds is 3. The normalized spacial score (nSPS) is 23.3. The summed E-state index contributed by atoms with van der Waals surface area (Å²) >= 11 is 0. The van der Waals surface area contributed by atoms with Crippen LogP contribution in [0.2, 0.25) is 0 Å². The van der Waals surface area contributed by atoms with Crippen molar-refractivity contribution in [1.29, 1.82) is 0 Å². The van der Waals surface area contributed by atoms with Crippen molar-refractivity contribution >= 4 is 11.9 Å². The van der Waals surface area contributed by atoms with E-state index in [1.54, 1.807) is 6.07 Å². The lowest BCUT2D eigenvalue weighted by Gasteiger charge is -2.19. The number of carbonyl (C=O) groups excluding carboxylic acids is 1. The van der Waals surface area contributed by atoms with Crippen LogP contribution in [0.1, 0.15) is 47.8 Å². The standard InChI is InChI=1S/C12H14N2O4/c15-11(14-5-1-2-9(14)12(16)17)8-6-10(18-13-8)7-3-4-7/h6-7,9H,1-5H2,(H,16,17)/t9-/m0/s1. The van der Waals surface area contributed by atoms with Crippen LogP contribution in [-0.4, -0.2) is 39.6 Å². The minimum absolute atomic E-state index is 0.227. The molecule has 2 heterocycles. The highest BCUT2D eigenvalue weighted by molar-refractivity contribution is 5.95. The zero-order valence-electron chi connectivity index (χ0n) is 9.83. The third-order valence-corrected chi connectivity index (χ3v) is 3.53. The number of hydrogen-bond donors (Lipinski definition) is 1. The fourth-order valence-electron chi connectivity index (χ4n) is 2.36. The van der Waals surface area contributed by atoms with Crippen LogP contribution in [0.25, 0.3) is 0 Å². The molecular formula is C12H14N2O4. The van der Waals surface area contributed by atoms with Crippen LogP contribution >= 0.6 is 0 Å². The molecule has 1 amide bonds. The number of amides is 1. The smallest absolute Gasteiger partial charge is 0.326 e. The van der Waals surface area contributed by atoms with Crippen LogP contribution < -0.4 is 0 Å². The lowest BCUT2D eigenvalue weighted by molar-refractivity contribution is -0.141. The average Bonchev–Trinajstić information content (AvgIpc) is 2.92. The van der Waals surface area contributed by atoms with Gasteiger partial charge in [-0.15, -0.1) is 0 Å². The second-order valence-corrected chi connectivity index (χ2v) is 4.88. The van der Waals surface area contributed by atoms with Gasteiger partial charge in [0.1, 0.15) is 11.8 Å². The third-order valence-electron chi connectivity index (χ3n) is 3.53. The molecule has 0 spiro atoms. The molecule has 0 aromatic carbocycles. The number of carboxylic acid groups (broad SMARTS) is 1. The summed E-state index contributed by atoms with van der Waals surface area (Å²) in [5.41, 5.74) is 0.227. The van der Waals surface area contributed by atoms with Crippen LogP contribution in [0.15, 0.2) is 10.6 Å². The minimum atomic E-state index is -0.952. The summed E-state index contributed by atoms with van der Waals surface area (Å²) in [5, 5.41) is 12.8. The van der Waals surface area contributed by atoms with Gasteiger partial charge in [-0.25, -0.2) is 4.79 Å². The number of carbonyl (C=O) groups is 2. The van der Waals surface area contributed by atoms with Crippen molar-refractivity contribution in [3.05, 3.63) is 17.5 Å². The molecular weight excluding hydrogens is 236 g/mol. The lowest BCUT2D eigenvalue weighted by Crippen LogP contribution is -2.40. The fraction of sp³-hybridized carbons (Fsp3) is 0.583. The molecule has 0 unspecified atom stereocenters. The molecule has 1 N–H and O–H groups in total. The average molecular weight is 250 g/mol. The monoisotopic (exact) mass is 250 g/mol. The van der Waals surface area contributed by atoms with Gasteiger partial charge >= 0.3 is 5.97 Å². The van der Waals surface area contributed by atoms with Crippen LogP contribution in [0.3, 0.4) is 0 Å². The Bertz CT molecular complexity index is 492. The van der Waals surface area contributed by atoms with Crippen molar-refractivity contribution in [2.24, 2.45) is 0 Å². The van der Waals surface area contributed by atoms with Crippen molar-refractivity contribution in [3.8, 4) is 0 Å². The Morgan fingerprint density at radius 2 is 2.17 bits per heavy atom. The quantitative estimate of drug-likeness (QED) is 0.872. The summed E-state index contributed by atoms with van der Waals surface area (Å²) < 4.78 is 5.12. The molecule has 3 rings (SSSR count). The van der Waals surface area contributed by atoms with E-state index in [0.29, 0.717) is 18.9 Å². The highest BCUT2D eigenvalue weighted by Crippen LogP contribution is 2.40. The number of nitrogens with zero attached hydrogens (tertiary/aromatic N) is 2. The summed E-state index contributed by atoms with van der Waals surface area (Å²) in [5.74, 6) is -0.153. The van der Waals surface area contributed by atoms with E-state index in [1.165, 1.54) is 4.90 Å². The highest BCUT2D eigenvalue weighted by atomic mass is 16.5. The molecule has 96 valence electrons. The Morgan fingerprint density at radius 3 is 2.83 bits per heavy atom. The van der Waals surface area contributed by atoms with E-state index in [2.05, 4.69) is 5.16 Å². The van der Waals surface area contributed by atoms with Crippen LogP contribution in [-0.2, 0) is 4.79 Å². The predicted molar refractivity (Wildman–Crippen MR) is 60.2 cm³/mol. The van der Waals surface area contributed by atoms with Gasteiger partial charge in [-0.2, -0.15) is 0 Å². The van der Waals surface area contributed by atoms with Crippen molar-refractivity contribution in [2.45, 2.75) is 37.6 Å². The highest BCUT2D eigenvalue weighted by Gasteiger charge is 2.36. The maximum Gasteiger partial charge on any atom is 0.326 e. The minimum Gasteiger partial charge on any atom is -0.480 e. The van der Waals surface area contributed by atoms with Gasteiger partial charge in [0, 0.05) is 18.5 Å². The van der Waals surface area contributed by atoms with Gasteiger partial charge in [0.05, 0.1) is 0 Å². The van der Waals surface area contributed by atoms with Crippen LogP contribution in [0, 0.1) is 0 Å². The number of aliphatic carboxylic acids is 1. The molecule has 1 saturated carbocycles. The van der Waals surface area contributed by atoms with E-state index in [-0.39, 0.29) is 11.6 Å². The molecule has 2 fully saturated rings. The van der Waals surface area contributed by atoms with Crippen molar-refractivity contribution in [1.82, 2.24) is 10.1 Å². The Hall–Kier alpha value is -1.85. The van der Waals surface area contributed by atoms with Gasteiger partial charge in [-0.05, 0) is 25.7 Å². The van der Waals surface area contributed by atoms with Gasteiger partial charge in [0.25, 0.3) is 5.91 Å². The molecule has 6 heteroatoms. The SMILES string of the molecule is O=C(O)[C@@H]1CCCN1C(=O)c1cc(C2CC2)on1. The Balaban J connectivity index is 1.78. The Labute approximate surface area is 104 Å². The number of hydrogen-bond acceptors (Lipinski definition) is 4. The lowest BCUT2D eigenvalue weighted by atomic mass is 10.2. The fourth-order valence-corrected chi connectivity index (χ4v) is 2.36. The van der Waals surface area contributed by atoms with Crippen molar-refractivity contribution < 1.29 is 19.2 Å². The molecule has 1 aliphatic heterocycles. The topological polar surface area (TPSA) is 83.6 Å². The molecule has 1 aromatic rings. The maximum atomic E-state index is 12.2. The Kier molecular flexibility index (Phi) is 2.57.